The lowest BCUT2D eigenvalue weighted by Crippen LogP contribution is -2.48. The van der Waals surface area contributed by atoms with E-state index in [0.29, 0.717) is 49.6 Å². The Labute approximate surface area is 211 Å². The fraction of sp³-hybridized carbons (Fsp3) is 0.517. The molecule has 35 heavy (non-hydrogen) atoms. The predicted molar refractivity (Wildman–Crippen MR) is 143 cm³/mol. The standard InChI is InChI=1S/C29H43N3O3/c1-6-13-32(14-7-2)29(35)25-17-22(5)16-24(18-25)28(34)31-26(15-21(3)4)27(33)20-30-19-23-11-9-8-10-12-23/h8-12,16-18,21,26-27,30,33H,6-7,13-15,19-20H2,1-5H3,(H,31,34)/t26-,27+/m0/s1. The number of carbonyl (C=O) groups is 2. The molecule has 2 atom stereocenters. The molecule has 0 heterocycles. The van der Waals surface area contributed by atoms with Crippen LogP contribution in [0.15, 0.2) is 48.5 Å². The molecule has 0 saturated carbocycles. The van der Waals surface area contributed by atoms with Crippen molar-refractivity contribution in [2.24, 2.45) is 5.92 Å². The summed E-state index contributed by atoms with van der Waals surface area (Å²) in [6.07, 6.45) is 1.69. The van der Waals surface area contributed by atoms with Gasteiger partial charge in [-0.3, -0.25) is 9.59 Å². The number of amides is 2. The number of hydrogen-bond acceptors (Lipinski definition) is 4. The molecule has 0 aliphatic rings. The van der Waals surface area contributed by atoms with Gasteiger partial charge in [0, 0.05) is 37.3 Å². The maximum absolute atomic E-state index is 13.2. The van der Waals surface area contributed by atoms with Crippen molar-refractivity contribution in [3.8, 4) is 0 Å². The van der Waals surface area contributed by atoms with Gasteiger partial charge in [-0.1, -0.05) is 58.0 Å². The first-order chi connectivity index (χ1) is 16.7. The van der Waals surface area contributed by atoms with Gasteiger partial charge >= 0.3 is 0 Å². The Hall–Kier alpha value is -2.70. The number of aliphatic hydroxyl groups is 1. The van der Waals surface area contributed by atoms with Crippen molar-refractivity contribution in [1.82, 2.24) is 15.5 Å². The first kappa shape index (κ1) is 28.5. The van der Waals surface area contributed by atoms with Crippen LogP contribution in [0.4, 0.5) is 0 Å². The Morgan fingerprint density at radius 1 is 0.971 bits per heavy atom. The van der Waals surface area contributed by atoms with Crippen LogP contribution in [-0.4, -0.2) is 53.6 Å². The summed E-state index contributed by atoms with van der Waals surface area (Å²) in [4.78, 5) is 28.2. The zero-order valence-electron chi connectivity index (χ0n) is 22.0. The third-order valence-electron chi connectivity index (χ3n) is 5.89. The average Bonchev–Trinajstić information content (AvgIpc) is 2.83. The highest BCUT2D eigenvalue weighted by Gasteiger charge is 2.24. The molecule has 0 radical (unpaired) electrons. The van der Waals surface area contributed by atoms with Crippen LogP contribution in [0.1, 0.15) is 78.8 Å². The van der Waals surface area contributed by atoms with Gasteiger partial charge in [0.1, 0.15) is 0 Å². The molecule has 0 bridgehead atoms. The Balaban J connectivity index is 2.11. The molecule has 0 spiro atoms. The Kier molecular flexibility index (Phi) is 11.9. The van der Waals surface area contributed by atoms with E-state index >= 15 is 0 Å². The summed E-state index contributed by atoms with van der Waals surface area (Å²) in [6.45, 7) is 12.6. The molecule has 0 unspecified atom stereocenters. The van der Waals surface area contributed by atoms with Gasteiger partial charge in [-0.15, -0.1) is 0 Å². The van der Waals surface area contributed by atoms with Crippen LogP contribution >= 0.6 is 0 Å². The first-order valence-corrected chi connectivity index (χ1v) is 12.9. The highest BCUT2D eigenvalue weighted by atomic mass is 16.3. The van der Waals surface area contributed by atoms with Gasteiger partial charge in [-0.2, -0.15) is 0 Å². The molecule has 0 fully saturated rings. The second kappa shape index (κ2) is 14.6. The number of benzene rings is 2. The Bertz CT molecular complexity index is 924. The Morgan fingerprint density at radius 2 is 1.60 bits per heavy atom. The maximum atomic E-state index is 13.2. The first-order valence-electron chi connectivity index (χ1n) is 12.9. The van der Waals surface area contributed by atoms with Gasteiger partial charge in [0.25, 0.3) is 11.8 Å². The zero-order valence-corrected chi connectivity index (χ0v) is 22.0. The van der Waals surface area contributed by atoms with Crippen LogP contribution in [-0.2, 0) is 6.54 Å². The molecule has 0 aliphatic carbocycles. The monoisotopic (exact) mass is 481 g/mol. The van der Waals surface area contributed by atoms with Crippen molar-refractivity contribution in [2.45, 2.75) is 72.6 Å². The third-order valence-corrected chi connectivity index (χ3v) is 5.89. The molecule has 0 aromatic heterocycles. The van der Waals surface area contributed by atoms with E-state index in [-0.39, 0.29) is 11.8 Å². The molecule has 2 amide bonds. The van der Waals surface area contributed by atoms with E-state index in [1.807, 2.05) is 48.2 Å². The van der Waals surface area contributed by atoms with Crippen molar-refractivity contribution in [3.63, 3.8) is 0 Å². The second-order valence-electron chi connectivity index (χ2n) is 9.77. The van der Waals surface area contributed by atoms with Gasteiger partial charge in [-0.25, -0.2) is 0 Å². The van der Waals surface area contributed by atoms with Crippen molar-refractivity contribution >= 4 is 11.8 Å². The van der Waals surface area contributed by atoms with Crippen LogP contribution in [0.25, 0.3) is 0 Å². The lowest BCUT2D eigenvalue weighted by atomic mass is 9.98. The number of carbonyl (C=O) groups excluding carboxylic acids is 2. The van der Waals surface area contributed by atoms with E-state index in [1.54, 1.807) is 12.1 Å². The number of nitrogens with one attached hydrogen (secondary N) is 2. The smallest absolute Gasteiger partial charge is 0.253 e. The SMILES string of the molecule is CCCN(CCC)C(=O)c1cc(C)cc(C(=O)N[C@@H](CC(C)C)[C@H](O)CNCc2ccccc2)c1. The predicted octanol–water partition coefficient (Wildman–Crippen LogP) is 4.55. The zero-order chi connectivity index (χ0) is 25.8. The largest absolute Gasteiger partial charge is 0.390 e. The fourth-order valence-corrected chi connectivity index (χ4v) is 4.25. The second-order valence-corrected chi connectivity index (χ2v) is 9.77. The van der Waals surface area contributed by atoms with Gasteiger partial charge in [-0.05, 0) is 61.4 Å². The van der Waals surface area contributed by atoms with Crippen LogP contribution in [0.3, 0.4) is 0 Å². The molecule has 6 heteroatoms. The van der Waals surface area contributed by atoms with Gasteiger partial charge in [0.15, 0.2) is 0 Å². The number of rotatable bonds is 14. The minimum Gasteiger partial charge on any atom is -0.390 e. The molecule has 2 aromatic rings. The van der Waals surface area contributed by atoms with Crippen molar-refractivity contribution in [2.75, 3.05) is 19.6 Å². The average molecular weight is 482 g/mol. The minimum absolute atomic E-state index is 0.0460. The summed E-state index contributed by atoms with van der Waals surface area (Å²) in [5.74, 6) is -0.0151. The van der Waals surface area contributed by atoms with Crippen molar-refractivity contribution < 1.29 is 14.7 Å². The molecule has 192 valence electrons. The lowest BCUT2D eigenvalue weighted by Gasteiger charge is -2.26. The molecule has 0 aliphatic heterocycles. The quantitative estimate of drug-likeness (QED) is 0.370. The van der Waals surface area contributed by atoms with E-state index in [9.17, 15) is 14.7 Å². The molecule has 2 aromatic carbocycles. The summed E-state index contributed by atoms with van der Waals surface area (Å²) in [5.41, 5.74) is 2.97. The molecule has 2 rings (SSSR count). The molecule has 0 saturated heterocycles. The van der Waals surface area contributed by atoms with Gasteiger partial charge < -0.3 is 20.6 Å². The van der Waals surface area contributed by atoms with Gasteiger partial charge in [0.2, 0.25) is 0 Å². The number of hydrogen-bond donors (Lipinski definition) is 3. The molecular formula is C29H43N3O3. The summed E-state index contributed by atoms with van der Waals surface area (Å²) < 4.78 is 0. The maximum Gasteiger partial charge on any atom is 0.253 e. The number of aliphatic hydroxyl groups excluding tert-OH is 1. The number of aryl methyl sites for hydroxylation is 1. The van der Waals surface area contributed by atoms with Crippen LogP contribution in [0.2, 0.25) is 0 Å². The van der Waals surface area contributed by atoms with E-state index in [0.717, 1.165) is 24.0 Å². The number of nitrogens with zero attached hydrogens (tertiary/aromatic N) is 1. The van der Waals surface area contributed by atoms with E-state index in [4.69, 9.17) is 0 Å². The van der Waals surface area contributed by atoms with E-state index in [1.165, 1.54) is 0 Å². The van der Waals surface area contributed by atoms with Crippen molar-refractivity contribution in [1.29, 1.82) is 0 Å². The summed E-state index contributed by atoms with van der Waals surface area (Å²) in [5, 5.41) is 17.2. The Morgan fingerprint density at radius 3 is 2.20 bits per heavy atom. The highest BCUT2D eigenvalue weighted by molar-refractivity contribution is 6.00. The summed E-state index contributed by atoms with van der Waals surface area (Å²) >= 11 is 0. The molecule has 6 nitrogen and oxygen atoms in total. The van der Waals surface area contributed by atoms with Crippen LogP contribution < -0.4 is 10.6 Å². The van der Waals surface area contributed by atoms with Crippen molar-refractivity contribution in [3.05, 3.63) is 70.8 Å². The van der Waals surface area contributed by atoms with Gasteiger partial charge in [0.05, 0.1) is 12.1 Å². The normalized spacial score (nSPS) is 12.9. The lowest BCUT2D eigenvalue weighted by molar-refractivity contribution is 0.0755. The topological polar surface area (TPSA) is 81.7 Å². The van der Waals surface area contributed by atoms with E-state index < -0.39 is 12.1 Å². The van der Waals surface area contributed by atoms with E-state index in [2.05, 4.69) is 38.3 Å². The van der Waals surface area contributed by atoms with Crippen LogP contribution in [0.5, 0.6) is 0 Å². The summed E-state index contributed by atoms with van der Waals surface area (Å²) in [7, 11) is 0. The fourth-order valence-electron chi connectivity index (χ4n) is 4.25. The van der Waals surface area contributed by atoms with Crippen LogP contribution in [0, 0.1) is 12.8 Å². The molecule has 3 N–H and O–H groups in total. The minimum atomic E-state index is -0.736. The summed E-state index contributed by atoms with van der Waals surface area (Å²) in [6, 6.07) is 14.9. The molecular weight excluding hydrogens is 438 g/mol. The highest BCUT2D eigenvalue weighted by Crippen LogP contribution is 2.15. The third kappa shape index (κ3) is 9.46.